The molecule has 0 radical (unpaired) electrons. The van der Waals surface area contributed by atoms with Gasteiger partial charge >= 0.3 is 0 Å². The fourth-order valence-corrected chi connectivity index (χ4v) is 6.06. The Hall–Kier alpha value is -5.49. The van der Waals surface area contributed by atoms with Crippen LogP contribution in [0.4, 0.5) is 0 Å². The highest BCUT2D eigenvalue weighted by molar-refractivity contribution is 7.07. The molecule has 0 unspecified atom stereocenters. The number of carbonyl (C=O) groups is 1. The molecule has 1 saturated heterocycles. The van der Waals surface area contributed by atoms with Gasteiger partial charge in [0.2, 0.25) is 0 Å². The second-order valence-electron chi connectivity index (χ2n) is 11.7. The Bertz CT molecular complexity index is 1850. The van der Waals surface area contributed by atoms with Gasteiger partial charge in [0, 0.05) is 35.1 Å². The number of nitrogens with one attached hydrogen (secondary N) is 1. The number of fused-ring (bicyclic) bond motifs is 6. The molecule has 1 N–H and O–H groups in total. The van der Waals surface area contributed by atoms with Gasteiger partial charge in [-0.25, -0.2) is 0 Å². The number of thiazole rings is 1. The van der Waals surface area contributed by atoms with Gasteiger partial charge in [-0.05, 0) is 84.8 Å². The third-order valence-corrected chi connectivity index (χ3v) is 8.67. The maximum Gasteiger partial charge on any atom is 0.194 e. The number of benzene rings is 5. The normalized spacial score (nSPS) is 10.1. The summed E-state index contributed by atoms with van der Waals surface area (Å²) in [5.41, 5.74) is 12.6. The molecule has 62 heavy (non-hydrogen) atoms. The van der Waals surface area contributed by atoms with Crippen molar-refractivity contribution < 1.29 is 4.79 Å². The van der Waals surface area contributed by atoms with E-state index in [0.29, 0.717) is 0 Å². The van der Waals surface area contributed by atoms with E-state index in [-0.39, 0.29) is 35.5 Å². The molecule has 338 valence electrons. The van der Waals surface area contributed by atoms with Crippen LogP contribution in [-0.4, -0.2) is 28.8 Å². The van der Waals surface area contributed by atoms with E-state index in [9.17, 15) is 4.79 Å². The first-order chi connectivity index (χ1) is 28.7. The van der Waals surface area contributed by atoms with E-state index in [4.69, 9.17) is 0 Å². The monoisotopic (exact) mass is 858 g/mol. The highest BCUT2D eigenvalue weighted by Crippen LogP contribution is 2.36. The van der Waals surface area contributed by atoms with Crippen molar-refractivity contribution >= 4 is 17.1 Å². The molecule has 1 aliphatic heterocycles. The minimum atomic E-state index is 0. The average Bonchev–Trinajstić information content (AvgIpc) is 4.19. The molecule has 0 atom stereocenters. The first-order valence-corrected chi connectivity index (χ1v) is 22.0. The molecule has 0 saturated carbocycles. The van der Waals surface area contributed by atoms with E-state index in [1.165, 1.54) is 53.7 Å². The van der Waals surface area contributed by atoms with Gasteiger partial charge in [0.1, 0.15) is 0 Å². The van der Waals surface area contributed by atoms with Crippen molar-refractivity contribution in [2.45, 2.75) is 111 Å². The van der Waals surface area contributed by atoms with Gasteiger partial charge in [-0.1, -0.05) is 224 Å². The van der Waals surface area contributed by atoms with Crippen LogP contribution in [0.1, 0.15) is 131 Å². The maximum absolute atomic E-state index is 11.9. The van der Waals surface area contributed by atoms with E-state index in [0.717, 1.165) is 28.7 Å². The number of aromatic nitrogens is 2. The summed E-state index contributed by atoms with van der Waals surface area (Å²) in [5.74, 6) is 0.149. The average molecular weight is 858 g/mol. The summed E-state index contributed by atoms with van der Waals surface area (Å²) in [6.45, 7) is 20.6. The zero-order valence-electron chi connectivity index (χ0n) is 36.5. The molecule has 7 aromatic rings. The van der Waals surface area contributed by atoms with Gasteiger partial charge in [0.05, 0.1) is 5.51 Å². The van der Waals surface area contributed by atoms with Crippen molar-refractivity contribution in [1.82, 2.24) is 15.3 Å². The number of nitrogens with zero attached hydrogens (tertiary/aromatic N) is 2. The predicted octanol–water partition coefficient (Wildman–Crippen LogP) is 17.4. The molecular weight excluding hydrogens is 775 g/mol. The van der Waals surface area contributed by atoms with Crippen LogP contribution < -0.4 is 5.32 Å². The summed E-state index contributed by atoms with van der Waals surface area (Å²) in [6.07, 6.45) is 9.15. The van der Waals surface area contributed by atoms with Crippen LogP contribution in [0.25, 0.3) is 22.3 Å². The number of rotatable bonds is 0. The molecule has 3 aliphatic rings. The second-order valence-corrected chi connectivity index (χ2v) is 12.5. The summed E-state index contributed by atoms with van der Waals surface area (Å²) >= 11 is 1.60. The summed E-state index contributed by atoms with van der Waals surface area (Å²) in [5, 5.41) is 5.15. The Morgan fingerprint density at radius 2 is 0.806 bits per heavy atom. The fourth-order valence-electron chi connectivity index (χ4n) is 5.70. The van der Waals surface area contributed by atoms with Crippen LogP contribution in [0.2, 0.25) is 0 Å². The van der Waals surface area contributed by atoms with Crippen molar-refractivity contribution in [1.29, 1.82) is 0 Å². The lowest BCUT2D eigenvalue weighted by Gasteiger charge is -1.98. The highest BCUT2D eigenvalue weighted by Gasteiger charge is 2.24. The quantitative estimate of drug-likeness (QED) is 0.165. The Morgan fingerprint density at radius 3 is 1.08 bits per heavy atom. The van der Waals surface area contributed by atoms with Gasteiger partial charge in [-0.3, -0.25) is 14.8 Å². The molecule has 5 heteroatoms. The first-order valence-electron chi connectivity index (χ1n) is 21.0. The molecule has 4 nitrogen and oxygen atoms in total. The largest absolute Gasteiger partial charge is 0.317 e. The molecule has 1 fully saturated rings. The lowest BCUT2D eigenvalue weighted by Crippen LogP contribution is -2.03. The standard InChI is InChI=1S/C13H8O.C13H10.C7H8.C5H5N.C4H9N.C3H3NS.4C2H6.4CH4/c14-13-11-7-3-1-5-9(11)10-6-2-4-8-12(10)13;1-3-7-12-10(5-1)9-11-6-2-4-8-13(11)12;1-7-5-3-2-4-6-7;1-2-4-6-5-3-1;1-2-4-5-3-1;1-2-5-3-4-1;4*1-2;;;;/h1-8H;1-8H,9H2;2-6H,1H3;1-5H;5H,1-4H2;1-3H;4*1-2H3;4*1H4. The van der Waals surface area contributed by atoms with Crippen LogP contribution in [0.3, 0.4) is 0 Å². The first kappa shape index (κ1) is 63.2. The third kappa shape index (κ3) is 22.9. The topological polar surface area (TPSA) is 54.9 Å². The Morgan fingerprint density at radius 1 is 0.435 bits per heavy atom. The summed E-state index contributed by atoms with van der Waals surface area (Å²) in [6, 6.07) is 48.8. The summed E-state index contributed by atoms with van der Waals surface area (Å²) < 4.78 is 0. The molecule has 0 amide bonds. The molecule has 3 heterocycles. The molecule has 5 aromatic carbocycles. The van der Waals surface area contributed by atoms with Crippen LogP contribution in [-0.2, 0) is 6.42 Å². The zero-order valence-corrected chi connectivity index (χ0v) is 37.3. The summed E-state index contributed by atoms with van der Waals surface area (Å²) in [7, 11) is 0. The van der Waals surface area contributed by atoms with Gasteiger partial charge in [0.25, 0.3) is 0 Å². The smallest absolute Gasteiger partial charge is 0.194 e. The summed E-state index contributed by atoms with van der Waals surface area (Å²) in [4.78, 5) is 19.4. The van der Waals surface area contributed by atoms with E-state index in [2.05, 4.69) is 82.9 Å². The number of aryl methyl sites for hydroxylation is 1. The molecule has 2 aromatic heterocycles. The third-order valence-electron chi connectivity index (χ3n) is 8.15. The van der Waals surface area contributed by atoms with Gasteiger partial charge in [-0.2, -0.15) is 0 Å². The Kier molecular flexibility index (Phi) is 43.0. The van der Waals surface area contributed by atoms with Crippen LogP contribution >= 0.6 is 11.3 Å². The van der Waals surface area contributed by atoms with Gasteiger partial charge < -0.3 is 5.32 Å². The molecule has 2 aliphatic carbocycles. The zero-order chi connectivity index (χ0) is 42.6. The highest BCUT2D eigenvalue weighted by atomic mass is 32.1. The lowest BCUT2D eigenvalue weighted by atomic mass is 10.1. The van der Waals surface area contributed by atoms with Crippen LogP contribution in [0, 0.1) is 6.92 Å². The molecular formula is C57H83N3OS. The van der Waals surface area contributed by atoms with Crippen molar-refractivity contribution in [3.05, 3.63) is 203 Å². The van der Waals surface area contributed by atoms with Crippen molar-refractivity contribution in [2.75, 3.05) is 13.1 Å². The maximum atomic E-state index is 11.9. The number of ketones is 1. The second kappa shape index (κ2) is 42.2. The minimum absolute atomic E-state index is 0. The Labute approximate surface area is 385 Å². The van der Waals surface area contributed by atoms with Crippen LogP contribution in [0.15, 0.2) is 175 Å². The predicted molar refractivity (Wildman–Crippen MR) is 282 cm³/mol. The lowest BCUT2D eigenvalue weighted by molar-refractivity contribution is 0.104. The number of hydrogen-bond donors (Lipinski definition) is 1. The number of hydrogen-bond acceptors (Lipinski definition) is 5. The SMILES string of the molecule is C.C.C.C.C1CCNC1.CC.CC.CC.CC.Cc1ccccc1.O=C1c2ccccc2-c2ccccc21.c1ccc2c(c1)Cc1ccccc1-2.c1ccncc1.c1cscn1. The Balaban J connectivity index is -0.000000324. The molecule has 10 rings (SSSR count). The van der Waals surface area contributed by atoms with E-state index in [1.807, 2.05) is 146 Å². The number of pyridine rings is 1. The van der Waals surface area contributed by atoms with E-state index < -0.39 is 0 Å². The van der Waals surface area contributed by atoms with E-state index in [1.54, 1.807) is 35.4 Å². The minimum Gasteiger partial charge on any atom is -0.317 e. The fraction of sp³-hybridized carbons (Fsp3) is 0.316. The molecule has 0 spiro atoms. The number of carbonyl (C=O) groups excluding carboxylic acids is 1. The van der Waals surface area contributed by atoms with Crippen molar-refractivity contribution in [3.63, 3.8) is 0 Å². The molecule has 0 bridgehead atoms. The van der Waals surface area contributed by atoms with Crippen molar-refractivity contribution in [3.8, 4) is 22.3 Å². The van der Waals surface area contributed by atoms with Crippen LogP contribution in [0.5, 0.6) is 0 Å². The van der Waals surface area contributed by atoms with E-state index >= 15 is 0 Å². The van der Waals surface area contributed by atoms with Crippen molar-refractivity contribution in [2.24, 2.45) is 0 Å². The van der Waals surface area contributed by atoms with Gasteiger partial charge in [0.15, 0.2) is 5.78 Å². The van der Waals surface area contributed by atoms with Gasteiger partial charge in [-0.15, -0.1) is 11.3 Å².